The molecule has 1 aliphatic carbocycles. The number of hydrazone groups is 1. The standard InChI is InChI=1S/C29H34Cl2N4O4/c1-16-25(27(36)33-34-14-18-6-5-7-19(18)15-34)32-35(23-10-9-20(30)13-22(23)31)26(16)17-8-11-24(39-28(37)38)21(12-17)29(2,3)4/h8-13,16,18-19,26H,5-7,14-15H2,1-4H3,(H,33,36)(H,37,38). The molecule has 2 N–H and O–H groups in total. The van der Waals surface area contributed by atoms with Crippen LogP contribution in [0, 0.1) is 17.8 Å². The zero-order valence-corrected chi connectivity index (χ0v) is 24.1. The number of carbonyl (C=O) groups is 2. The average Bonchev–Trinajstić information content (AvgIpc) is 3.52. The SMILES string of the molecule is CC1C(C(=O)NN2CC3CCCC3C2)=NN(c2ccc(Cl)cc2Cl)C1c1ccc(OC(=O)O)c(C(C)(C)C)c1. The van der Waals surface area contributed by atoms with Gasteiger partial charge in [0.25, 0.3) is 5.91 Å². The number of hydrazine groups is 1. The third-order valence-corrected chi connectivity index (χ3v) is 8.65. The van der Waals surface area contributed by atoms with E-state index in [0.29, 0.717) is 33.3 Å². The summed E-state index contributed by atoms with van der Waals surface area (Å²) in [5, 5.41) is 18.8. The summed E-state index contributed by atoms with van der Waals surface area (Å²) in [7, 11) is 0. The summed E-state index contributed by atoms with van der Waals surface area (Å²) >= 11 is 12.8. The molecule has 0 radical (unpaired) electrons. The molecule has 0 spiro atoms. The molecule has 1 saturated heterocycles. The van der Waals surface area contributed by atoms with Crippen molar-refractivity contribution in [3.63, 3.8) is 0 Å². The number of ether oxygens (including phenoxy) is 1. The fourth-order valence-corrected chi connectivity index (χ4v) is 6.71. The van der Waals surface area contributed by atoms with Crippen LogP contribution in [-0.2, 0) is 10.2 Å². The van der Waals surface area contributed by atoms with Crippen LogP contribution in [-0.4, -0.2) is 41.0 Å². The number of nitrogens with one attached hydrogen (secondary N) is 1. The molecule has 0 aromatic heterocycles. The molecule has 0 bridgehead atoms. The van der Waals surface area contributed by atoms with Gasteiger partial charge in [0.1, 0.15) is 11.5 Å². The molecule has 4 atom stereocenters. The van der Waals surface area contributed by atoms with Gasteiger partial charge < -0.3 is 9.84 Å². The largest absolute Gasteiger partial charge is 0.511 e. The highest BCUT2D eigenvalue weighted by atomic mass is 35.5. The zero-order valence-electron chi connectivity index (χ0n) is 22.6. The molecular formula is C29H34Cl2N4O4. The highest BCUT2D eigenvalue weighted by molar-refractivity contribution is 6.41. The number of rotatable bonds is 5. The lowest BCUT2D eigenvalue weighted by molar-refractivity contribution is -0.119. The van der Waals surface area contributed by atoms with Gasteiger partial charge in [0.05, 0.1) is 16.8 Å². The number of hydrogen-bond donors (Lipinski definition) is 2. The van der Waals surface area contributed by atoms with Gasteiger partial charge in [-0.1, -0.05) is 63.4 Å². The molecule has 39 heavy (non-hydrogen) atoms. The minimum Gasteiger partial charge on any atom is -0.449 e. The number of carboxylic acid groups (broad SMARTS) is 1. The van der Waals surface area contributed by atoms with Gasteiger partial charge in [0.2, 0.25) is 0 Å². The van der Waals surface area contributed by atoms with E-state index >= 15 is 0 Å². The molecule has 2 heterocycles. The quantitative estimate of drug-likeness (QED) is 0.307. The normalized spacial score (nSPS) is 25.0. The lowest BCUT2D eigenvalue weighted by Crippen LogP contribution is -2.45. The van der Waals surface area contributed by atoms with E-state index in [9.17, 15) is 14.7 Å². The highest BCUT2D eigenvalue weighted by Crippen LogP contribution is 2.44. The average molecular weight is 574 g/mol. The summed E-state index contributed by atoms with van der Waals surface area (Å²) in [6.45, 7) is 9.70. The van der Waals surface area contributed by atoms with Gasteiger partial charge in [0, 0.05) is 29.6 Å². The van der Waals surface area contributed by atoms with E-state index in [1.165, 1.54) is 19.3 Å². The molecule has 2 fully saturated rings. The Balaban J connectivity index is 1.51. The third-order valence-electron chi connectivity index (χ3n) is 8.11. The minimum absolute atomic E-state index is 0.220. The zero-order chi connectivity index (χ0) is 28.1. The Bertz CT molecular complexity index is 1310. The third kappa shape index (κ3) is 5.60. The van der Waals surface area contributed by atoms with Crippen molar-refractivity contribution < 1.29 is 19.4 Å². The first-order valence-corrected chi connectivity index (χ1v) is 14.1. The Morgan fingerprint density at radius 2 is 1.77 bits per heavy atom. The molecule has 10 heteroatoms. The van der Waals surface area contributed by atoms with Gasteiger partial charge in [-0.25, -0.2) is 9.80 Å². The first kappa shape index (κ1) is 27.7. The monoisotopic (exact) mass is 572 g/mol. The van der Waals surface area contributed by atoms with Gasteiger partial charge in [-0.15, -0.1) is 0 Å². The maximum Gasteiger partial charge on any atom is 0.511 e. The molecule has 1 saturated carbocycles. The number of carbonyl (C=O) groups excluding carboxylic acids is 1. The maximum absolute atomic E-state index is 13.6. The van der Waals surface area contributed by atoms with Gasteiger partial charge in [-0.2, -0.15) is 5.10 Å². The summed E-state index contributed by atoms with van der Waals surface area (Å²) in [5.41, 5.74) is 5.34. The molecule has 8 nitrogen and oxygen atoms in total. The van der Waals surface area contributed by atoms with Gasteiger partial charge in [-0.05, 0) is 66.0 Å². The van der Waals surface area contributed by atoms with Crippen molar-refractivity contribution in [3.8, 4) is 5.75 Å². The Labute approximate surface area is 238 Å². The summed E-state index contributed by atoms with van der Waals surface area (Å²) in [5.74, 6) is 1.05. The fraction of sp³-hybridized carbons (Fsp3) is 0.483. The van der Waals surface area contributed by atoms with E-state index in [1.54, 1.807) is 29.3 Å². The van der Waals surface area contributed by atoms with Crippen LogP contribution in [0.15, 0.2) is 41.5 Å². The number of amides is 1. The van der Waals surface area contributed by atoms with Gasteiger partial charge in [0.15, 0.2) is 0 Å². The van der Waals surface area contributed by atoms with E-state index in [0.717, 1.165) is 24.2 Å². The summed E-state index contributed by atoms with van der Waals surface area (Å²) < 4.78 is 5.09. The second kappa shape index (κ2) is 10.6. The number of anilines is 1. The van der Waals surface area contributed by atoms with E-state index in [4.69, 9.17) is 33.0 Å². The predicted octanol–water partition coefficient (Wildman–Crippen LogP) is 6.66. The number of nitrogens with zero attached hydrogens (tertiary/aromatic N) is 3. The molecule has 5 rings (SSSR count). The van der Waals surface area contributed by atoms with Crippen molar-refractivity contribution in [1.29, 1.82) is 0 Å². The van der Waals surface area contributed by atoms with Crippen molar-refractivity contribution in [2.45, 2.75) is 58.4 Å². The molecule has 4 unspecified atom stereocenters. The predicted molar refractivity (Wildman–Crippen MR) is 153 cm³/mol. The Kier molecular flexibility index (Phi) is 7.57. The number of benzene rings is 2. The van der Waals surface area contributed by atoms with Crippen LogP contribution in [0.5, 0.6) is 5.75 Å². The van der Waals surface area contributed by atoms with E-state index in [-0.39, 0.29) is 23.6 Å². The van der Waals surface area contributed by atoms with E-state index in [1.807, 2.05) is 44.8 Å². The molecule has 208 valence electrons. The summed E-state index contributed by atoms with van der Waals surface area (Å²) in [4.78, 5) is 24.9. The summed E-state index contributed by atoms with van der Waals surface area (Å²) in [6, 6.07) is 10.2. The highest BCUT2D eigenvalue weighted by Gasteiger charge is 2.42. The second-order valence-electron chi connectivity index (χ2n) is 11.8. The topological polar surface area (TPSA) is 94.5 Å². The fourth-order valence-electron chi connectivity index (χ4n) is 6.21. The van der Waals surface area contributed by atoms with Crippen molar-refractivity contribution >= 4 is 46.7 Å². The number of hydrogen-bond acceptors (Lipinski definition) is 6. The first-order chi connectivity index (χ1) is 18.4. The molecule has 2 aromatic rings. The first-order valence-electron chi connectivity index (χ1n) is 13.4. The molecule has 1 amide bonds. The van der Waals surface area contributed by atoms with Crippen molar-refractivity contribution in [1.82, 2.24) is 10.4 Å². The van der Waals surface area contributed by atoms with Crippen LogP contribution in [0.1, 0.15) is 64.1 Å². The molecule has 2 aliphatic heterocycles. The van der Waals surface area contributed by atoms with E-state index < -0.39 is 11.6 Å². The van der Waals surface area contributed by atoms with Crippen LogP contribution in [0.3, 0.4) is 0 Å². The number of halogens is 2. The molecular weight excluding hydrogens is 539 g/mol. The summed E-state index contributed by atoms with van der Waals surface area (Å²) in [6.07, 6.45) is 2.34. The molecule has 2 aromatic carbocycles. The van der Waals surface area contributed by atoms with Crippen LogP contribution in [0.25, 0.3) is 0 Å². The Morgan fingerprint density at radius 1 is 1.08 bits per heavy atom. The van der Waals surface area contributed by atoms with Crippen molar-refractivity contribution in [2.24, 2.45) is 22.9 Å². The Hall–Kier alpha value is -2.81. The smallest absolute Gasteiger partial charge is 0.449 e. The van der Waals surface area contributed by atoms with Crippen LogP contribution >= 0.6 is 23.2 Å². The minimum atomic E-state index is -1.37. The number of fused-ring (bicyclic) bond motifs is 1. The lowest BCUT2D eigenvalue weighted by Gasteiger charge is -2.30. The van der Waals surface area contributed by atoms with Crippen molar-refractivity contribution in [2.75, 3.05) is 18.1 Å². The Morgan fingerprint density at radius 3 is 2.38 bits per heavy atom. The van der Waals surface area contributed by atoms with Crippen LogP contribution in [0.4, 0.5) is 10.5 Å². The van der Waals surface area contributed by atoms with Crippen molar-refractivity contribution in [3.05, 3.63) is 57.6 Å². The lowest BCUT2D eigenvalue weighted by atomic mass is 9.82. The molecule has 3 aliphatic rings. The van der Waals surface area contributed by atoms with E-state index in [2.05, 4.69) is 5.43 Å². The van der Waals surface area contributed by atoms with Crippen LogP contribution in [0.2, 0.25) is 10.0 Å². The second-order valence-corrected chi connectivity index (χ2v) is 12.7. The van der Waals surface area contributed by atoms with Crippen LogP contribution < -0.4 is 15.2 Å². The maximum atomic E-state index is 13.6. The van der Waals surface area contributed by atoms with Gasteiger partial charge >= 0.3 is 6.16 Å². The van der Waals surface area contributed by atoms with Gasteiger partial charge in [-0.3, -0.25) is 15.2 Å².